The molecule has 0 bridgehead atoms. The zero-order valence-corrected chi connectivity index (χ0v) is 12.2. The predicted molar refractivity (Wildman–Crippen MR) is 74.5 cm³/mol. The number of aliphatic carboxylic acids is 1. The van der Waals surface area contributed by atoms with Gasteiger partial charge < -0.3 is 10.0 Å². The van der Waals surface area contributed by atoms with Crippen molar-refractivity contribution >= 4 is 27.4 Å². The van der Waals surface area contributed by atoms with E-state index in [2.05, 4.69) is 0 Å². The molecule has 0 aliphatic heterocycles. The summed E-state index contributed by atoms with van der Waals surface area (Å²) in [5.74, 6) is -1.85. The summed E-state index contributed by atoms with van der Waals surface area (Å²) >= 11 is 0. The van der Waals surface area contributed by atoms with Crippen LogP contribution in [0.3, 0.4) is 0 Å². The van der Waals surface area contributed by atoms with Gasteiger partial charge in [0.05, 0.1) is 16.5 Å². The molecule has 0 saturated heterocycles. The van der Waals surface area contributed by atoms with Gasteiger partial charge in [-0.3, -0.25) is 14.9 Å². The smallest absolute Gasteiger partial charge is 0.308 e. The summed E-state index contributed by atoms with van der Waals surface area (Å²) in [6.45, 7) is 1.41. The fourth-order valence-electron chi connectivity index (χ4n) is 1.75. The fourth-order valence-corrected chi connectivity index (χ4v) is 2.51. The summed E-state index contributed by atoms with van der Waals surface area (Å²) in [5.41, 5.74) is -0.327. The molecule has 0 aliphatic rings. The summed E-state index contributed by atoms with van der Waals surface area (Å²) < 4.78 is 23.0. The van der Waals surface area contributed by atoms with Crippen LogP contribution >= 0.6 is 0 Å². The first-order valence-electron chi connectivity index (χ1n) is 5.79. The molecular weight excluding hydrogens is 302 g/mol. The molecule has 10 heteroatoms. The van der Waals surface area contributed by atoms with Crippen molar-refractivity contribution in [2.75, 3.05) is 18.5 Å². The Morgan fingerprint density at radius 3 is 2.52 bits per heavy atom. The highest BCUT2D eigenvalue weighted by atomic mass is 32.2. The summed E-state index contributed by atoms with van der Waals surface area (Å²) in [7, 11) is -2.65. The van der Waals surface area contributed by atoms with Gasteiger partial charge >= 0.3 is 5.97 Å². The third-order valence-corrected chi connectivity index (χ3v) is 3.80. The molecule has 0 heterocycles. The fraction of sp³-hybridized carbons (Fsp3) is 0.364. The van der Waals surface area contributed by atoms with E-state index >= 15 is 0 Å². The first-order chi connectivity index (χ1) is 9.54. The van der Waals surface area contributed by atoms with Gasteiger partial charge in [0.2, 0.25) is 10.0 Å². The molecule has 21 heavy (non-hydrogen) atoms. The quantitative estimate of drug-likeness (QED) is 0.570. The number of non-ortho nitro benzene ring substituents is 1. The molecule has 116 valence electrons. The Morgan fingerprint density at radius 2 is 2.10 bits per heavy atom. The van der Waals surface area contributed by atoms with E-state index in [-0.39, 0.29) is 22.8 Å². The molecule has 1 atom stereocenters. The highest BCUT2D eigenvalue weighted by Gasteiger charge is 2.23. The Kier molecular flexibility index (Phi) is 4.86. The van der Waals surface area contributed by atoms with E-state index in [0.717, 1.165) is 18.2 Å². The number of sulfonamides is 1. The zero-order chi connectivity index (χ0) is 16.4. The lowest BCUT2D eigenvalue weighted by Crippen LogP contribution is -2.30. The molecule has 0 aromatic heterocycles. The first kappa shape index (κ1) is 16.9. The second-order valence-electron chi connectivity index (χ2n) is 4.57. The van der Waals surface area contributed by atoms with E-state index in [1.807, 2.05) is 0 Å². The largest absolute Gasteiger partial charge is 0.481 e. The van der Waals surface area contributed by atoms with Crippen LogP contribution in [0.25, 0.3) is 0 Å². The summed E-state index contributed by atoms with van der Waals surface area (Å²) in [6, 6.07) is 3.11. The average molecular weight is 317 g/mol. The number of nitrogens with zero attached hydrogens (tertiary/aromatic N) is 2. The van der Waals surface area contributed by atoms with Crippen LogP contribution < -0.4 is 10.0 Å². The van der Waals surface area contributed by atoms with Crippen molar-refractivity contribution in [3.63, 3.8) is 0 Å². The third-order valence-electron chi connectivity index (χ3n) is 2.84. The van der Waals surface area contributed by atoms with Crippen molar-refractivity contribution in [3.05, 3.63) is 28.3 Å². The maximum absolute atomic E-state index is 11.5. The van der Waals surface area contributed by atoms with Crippen molar-refractivity contribution in [1.82, 2.24) is 0 Å². The van der Waals surface area contributed by atoms with E-state index in [1.54, 1.807) is 0 Å². The second kappa shape index (κ2) is 6.06. The van der Waals surface area contributed by atoms with Crippen molar-refractivity contribution in [1.29, 1.82) is 0 Å². The van der Waals surface area contributed by atoms with Crippen LogP contribution in [-0.2, 0) is 14.8 Å². The molecule has 1 aromatic rings. The van der Waals surface area contributed by atoms with Crippen LogP contribution in [0.5, 0.6) is 0 Å². The third kappa shape index (κ3) is 4.13. The maximum atomic E-state index is 11.5. The van der Waals surface area contributed by atoms with Crippen molar-refractivity contribution < 1.29 is 23.2 Å². The lowest BCUT2D eigenvalue weighted by molar-refractivity contribution is -0.384. The van der Waals surface area contributed by atoms with E-state index in [9.17, 15) is 23.3 Å². The SMILES string of the molecule is CC(CN(C)c1cc([N+](=O)[O-])ccc1S(N)(=O)=O)C(=O)O. The zero-order valence-electron chi connectivity index (χ0n) is 11.4. The van der Waals surface area contributed by atoms with E-state index in [0.29, 0.717) is 0 Å². The molecule has 1 aromatic carbocycles. The summed E-state index contributed by atoms with van der Waals surface area (Å²) in [6.07, 6.45) is 0. The summed E-state index contributed by atoms with van der Waals surface area (Å²) in [4.78, 5) is 22.0. The highest BCUT2D eigenvalue weighted by molar-refractivity contribution is 7.89. The number of nitrogens with two attached hydrogens (primary N) is 1. The molecule has 9 nitrogen and oxygen atoms in total. The average Bonchev–Trinajstić information content (AvgIpc) is 2.36. The summed E-state index contributed by atoms with van der Waals surface area (Å²) in [5, 5.41) is 24.7. The Morgan fingerprint density at radius 1 is 1.52 bits per heavy atom. The number of rotatable bonds is 6. The van der Waals surface area contributed by atoms with Gasteiger partial charge in [-0.05, 0) is 6.07 Å². The minimum absolute atomic E-state index is 0.0141. The van der Waals surface area contributed by atoms with Crippen LogP contribution in [0.1, 0.15) is 6.92 Å². The van der Waals surface area contributed by atoms with Gasteiger partial charge in [-0.1, -0.05) is 6.92 Å². The van der Waals surface area contributed by atoms with Crippen molar-refractivity contribution in [3.8, 4) is 0 Å². The molecule has 0 fully saturated rings. The standard InChI is InChI=1S/C11H15N3O6S/c1-7(11(15)16)6-13(2)9-5-8(14(17)18)3-4-10(9)21(12,19)20/h3-5,7H,6H2,1-2H3,(H,15,16)(H2,12,19,20). The van der Waals surface area contributed by atoms with Crippen LogP contribution in [-0.4, -0.2) is 38.0 Å². The molecule has 0 amide bonds. The number of hydrogen-bond acceptors (Lipinski definition) is 6. The number of nitro benzene ring substituents is 1. The highest BCUT2D eigenvalue weighted by Crippen LogP contribution is 2.28. The first-order valence-corrected chi connectivity index (χ1v) is 7.34. The van der Waals surface area contributed by atoms with Crippen LogP contribution in [0.4, 0.5) is 11.4 Å². The van der Waals surface area contributed by atoms with Crippen molar-refractivity contribution in [2.24, 2.45) is 11.1 Å². The number of benzene rings is 1. The Balaban J connectivity index is 3.32. The number of primary sulfonamides is 1. The maximum Gasteiger partial charge on any atom is 0.308 e. The molecule has 0 aliphatic carbocycles. The van der Waals surface area contributed by atoms with Gasteiger partial charge in [-0.2, -0.15) is 0 Å². The monoisotopic (exact) mass is 317 g/mol. The van der Waals surface area contributed by atoms with E-state index in [1.165, 1.54) is 18.9 Å². The molecule has 1 rings (SSSR count). The molecule has 1 unspecified atom stereocenters. The number of carboxylic acids is 1. The van der Waals surface area contributed by atoms with Gasteiger partial charge in [-0.15, -0.1) is 0 Å². The van der Waals surface area contributed by atoms with E-state index in [4.69, 9.17) is 10.2 Å². The number of nitro groups is 1. The minimum Gasteiger partial charge on any atom is -0.481 e. The van der Waals surface area contributed by atoms with Crippen LogP contribution in [0.15, 0.2) is 23.1 Å². The van der Waals surface area contributed by atoms with Gasteiger partial charge in [-0.25, -0.2) is 13.6 Å². The topological polar surface area (TPSA) is 144 Å². The van der Waals surface area contributed by atoms with Gasteiger partial charge in [0.1, 0.15) is 4.90 Å². The Hall–Kier alpha value is -2.20. The number of hydrogen-bond donors (Lipinski definition) is 2. The van der Waals surface area contributed by atoms with Crippen molar-refractivity contribution in [2.45, 2.75) is 11.8 Å². The predicted octanol–water partition coefficient (Wildman–Crippen LogP) is 0.399. The molecule has 0 radical (unpaired) electrons. The Bertz CT molecular complexity index is 673. The lowest BCUT2D eigenvalue weighted by atomic mass is 10.1. The van der Waals surface area contributed by atoms with Crippen LogP contribution in [0.2, 0.25) is 0 Å². The lowest BCUT2D eigenvalue weighted by Gasteiger charge is -2.23. The molecule has 0 spiro atoms. The number of carboxylic acid groups (broad SMARTS) is 1. The van der Waals surface area contributed by atoms with Crippen LogP contribution in [0, 0.1) is 16.0 Å². The number of carbonyl (C=O) groups is 1. The molecular formula is C11H15N3O6S. The minimum atomic E-state index is -4.09. The Labute approximate surface area is 121 Å². The van der Waals surface area contributed by atoms with Gasteiger partial charge in [0, 0.05) is 25.7 Å². The normalized spacial score (nSPS) is 12.7. The van der Waals surface area contributed by atoms with Gasteiger partial charge in [0.15, 0.2) is 0 Å². The number of anilines is 1. The second-order valence-corrected chi connectivity index (χ2v) is 6.10. The molecule has 0 saturated carbocycles. The molecule has 3 N–H and O–H groups in total. The van der Waals surface area contributed by atoms with E-state index < -0.39 is 26.8 Å². The van der Waals surface area contributed by atoms with Gasteiger partial charge in [0.25, 0.3) is 5.69 Å².